The van der Waals surface area contributed by atoms with Crippen LogP contribution in [-0.4, -0.2) is 6.04 Å². The van der Waals surface area contributed by atoms with Gasteiger partial charge in [0.05, 0.1) is 0 Å². The molecule has 0 spiro atoms. The Labute approximate surface area is 135 Å². The number of nitrogens with two attached hydrogens (primary N) is 2. The van der Waals surface area contributed by atoms with Crippen LogP contribution < -0.4 is 11.5 Å². The quantitative estimate of drug-likeness (QED) is 0.758. The van der Waals surface area contributed by atoms with Gasteiger partial charge < -0.3 is 11.5 Å². The van der Waals surface area contributed by atoms with Crippen LogP contribution in [0.25, 0.3) is 0 Å². The molecule has 0 aromatic rings. The smallest absolute Gasteiger partial charge is 0.0484 e. The van der Waals surface area contributed by atoms with Crippen LogP contribution in [-0.2, 0) is 0 Å². The van der Waals surface area contributed by atoms with Crippen LogP contribution >= 0.6 is 0 Å². The van der Waals surface area contributed by atoms with Gasteiger partial charge in [0.1, 0.15) is 0 Å². The first kappa shape index (κ1) is 15.9. The fourth-order valence-electron chi connectivity index (χ4n) is 5.07. The first-order valence-corrected chi connectivity index (χ1v) is 9.27. The van der Waals surface area contributed by atoms with Crippen molar-refractivity contribution in [2.75, 3.05) is 0 Å². The molecule has 2 fully saturated rings. The van der Waals surface area contributed by atoms with Gasteiger partial charge in [0.2, 0.25) is 0 Å². The number of hydrogen-bond acceptors (Lipinski definition) is 2. The second-order valence-electron chi connectivity index (χ2n) is 7.56. The molecule has 122 valence electrons. The Hall–Kier alpha value is -1.02. The minimum atomic E-state index is -0.136. The van der Waals surface area contributed by atoms with Gasteiger partial charge in [0.15, 0.2) is 0 Å². The molecule has 0 aromatic carbocycles. The summed E-state index contributed by atoms with van der Waals surface area (Å²) in [6.45, 7) is 4.18. The molecule has 4 N–H and O–H groups in total. The fourth-order valence-corrected chi connectivity index (χ4v) is 5.07. The first-order valence-electron chi connectivity index (χ1n) is 9.27. The van der Waals surface area contributed by atoms with Crippen LogP contribution in [0.4, 0.5) is 0 Å². The van der Waals surface area contributed by atoms with Gasteiger partial charge in [0, 0.05) is 17.2 Å². The molecule has 22 heavy (non-hydrogen) atoms. The topological polar surface area (TPSA) is 52.0 Å². The van der Waals surface area contributed by atoms with Crippen molar-refractivity contribution >= 4 is 0 Å². The van der Waals surface area contributed by atoms with Crippen LogP contribution in [0.5, 0.6) is 0 Å². The van der Waals surface area contributed by atoms with Crippen molar-refractivity contribution in [2.45, 2.75) is 70.3 Å². The molecule has 0 amide bonds. The van der Waals surface area contributed by atoms with Gasteiger partial charge in [-0.15, -0.1) is 6.58 Å². The minimum Gasteiger partial charge on any atom is -0.401 e. The lowest BCUT2D eigenvalue weighted by Crippen LogP contribution is -2.42. The highest BCUT2D eigenvalue weighted by atomic mass is 14.7. The van der Waals surface area contributed by atoms with E-state index in [0.717, 1.165) is 5.70 Å². The van der Waals surface area contributed by atoms with Crippen molar-refractivity contribution in [3.8, 4) is 0 Å². The lowest BCUT2D eigenvalue weighted by molar-refractivity contribution is 0.242. The van der Waals surface area contributed by atoms with Crippen molar-refractivity contribution in [3.63, 3.8) is 0 Å². The van der Waals surface area contributed by atoms with E-state index in [-0.39, 0.29) is 11.5 Å². The van der Waals surface area contributed by atoms with Crippen molar-refractivity contribution < 1.29 is 0 Å². The summed E-state index contributed by atoms with van der Waals surface area (Å²) >= 11 is 0. The molecule has 0 radical (unpaired) electrons. The number of allylic oxidation sites excluding steroid dienone is 1. The maximum Gasteiger partial charge on any atom is 0.0484 e. The van der Waals surface area contributed by atoms with E-state index in [1.807, 2.05) is 0 Å². The molecule has 0 bridgehead atoms. The van der Waals surface area contributed by atoms with Gasteiger partial charge in [-0.2, -0.15) is 0 Å². The van der Waals surface area contributed by atoms with E-state index in [0.29, 0.717) is 11.8 Å². The average molecular weight is 300 g/mol. The van der Waals surface area contributed by atoms with Crippen LogP contribution in [0.1, 0.15) is 64.2 Å². The minimum absolute atomic E-state index is 0.0137. The summed E-state index contributed by atoms with van der Waals surface area (Å²) in [5.74, 6) is 1.21. The normalized spacial score (nSPS) is 34.9. The van der Waals surface area contributed by atoms with E-state index >= 15 is 0 Å². The summed E-state index contributed by atoms with van der Waals surface area (Å²) in [5.41, 5.74) is 15.5. The molecule has 0 saturated heterocycles. The maximum atomic E-state index is 6.80. The fraction of sp³-hybridized carbons (Fsp3) is 0.700. The average Bonchev–Trinajstić information content (AvgIpc) is 2.57. The van der Waals surface area contributed by atoms with E-state index < -0.39 is 0 Å². The van der Waals surface area contributed by atoms with Crippen LogP contribution in [0, 0.1) is 17.3 Å². The molecule has 2 nitrogen and oxygen atoms in total. The Bertz CT molecular complexity index is 464. The molecule has 0 heterocycles. The second kappa shape index (κ2) is 6.62. The highest BCUT2D eigenvalue weighted by Crippen LogP contribution is 2.49. The number of rotatable bonds is 3. The zero-order valence-electron chi connectivity index (χ0n) is 13.9. The van der Waals surface area contributed by atoms with Gasteiger partial charge in [-0.3, -0.25) is 0 Å². The van der Waals surface area contributed by atoms with Gasteiger partial charge >= 0.3 is 0 Å². The van der Waals surface area contributed by atoms with Crippen molar-refractivity contribution in [1.29, 1.82) is 0 Å². The van der Waals surface area contributed by atoms with Gasteiger partial charge in [-0.1, -0.05) is 56.8 Å². The Morgan fingerprint density at radius 3 is 2.18 bits per heavy atom. The monoisotopic (exact) mass is 300 g/mol. The number of hydrogen-bond donors (Lipinski definition) is 2. The van der Waals surface area contributed by atoms with Crippen molar-refractivity contribution in [1.82, 2.24) is 0 Å². The summed E-state index contributed by atoms with van der Waals surface area (Å²) in [5, 5.41) is 0. The molecule has 2 unspecified atom stereocenters. The van der Waals surface area contributed by atoms with E-state index in [2.05, 4.69) is 24.8 Å². The third kappa shape index (κ3) is 2.67. The largest absolute Gasteiger partial charge is 0.401 e. The Balaban J connectivity index is 1.96. The third-order valence-corrected chi connectivity index (χ3v) is 6.38. The molecule has 2 heteroatoms. The van der Waals surface area contributed by atoms with Crippen LogP contribution in [0.3, 0.4) is 0 Å². The van der Waals surface area contributed by atoms with Gasteiger partial charge in [-0.25, -0.2) is 0 Å². The standard InChI is InChI=1S/C20H32N2/c1-2-20(16-11-7-4-8-12-16)14-13-17(21)18(19(20)22)15-9-5-3-6-10-15/h2,13-17H,1,3-12,21-22H2. The molecule has 0 aliphatic heterocycles. The van der Waals surface area contributed by atoms with E-state index in [4.69, 9.17) is 11.5 Å². The summed E-state index contributed by atoms with van der Waals surface area (Å²) in [6, 6.07) is 0.0137. The molecule has 3 aliphatic rings. The third-order valence-electron chi connectivity index (χ3n) is 6.38. The first-order chi connectivity index (χ1) is 10.7. The SMILES string of the molecule is C=CC1(C2CCCCC2)C=CC(N)C(C2CCCCC2)=C1N. The van der Waals surface area contributed by atoms with Crippen molar-refractivity contribution in [3.05, 3.63) is 36.1 Å². The molecular formula is C20H32N2. The summed E-state index contributed by atoms with van der Waals surface area (Å²) in [6.07, 6.45) is 19.7. The van der Waals surface area contributed by atoms with Gasteiger partial charge in [0.25, 0.3) is 0 Å². The zero-order valence-corrected chi connectivity index (χ0v) is 13.9. The molecule has 0 aromatic heterocycles. The highest BCUT2D eigenvalue weighted by Gasteiger charge is 2.42. The van der Waals surface area contributed by atoms with Crippen molar-refractivity contribution in [2.24, 2.45) is 28.7 Å². The Morgan fingerprint density at radius 1 is 1.00 bits per heavy atom. The maximum absolute atomic E-state index is 6.80. The van der Waals surface area contributed by atoms with E-state index in [9.17, 15) is 0 Å². The zero-order chi connectivity index (χ0) is 15.6. The predicted octanol–water partition coefficient (Wildman–Crippen LogP) is 4.43. The summed E-state index contributed by atoms with van der Waals surface area (Å²) in [4.78, 5) is 0. The Kier molecular flexibility index (Phi) is 4.77. The Morgan fingerprint density at radius 2 is 1.59 bits per heavy atom. The lowest BCUT2D eigenvalue weighted by Gasteiger charge is -2.44. The molecule has 2 saturated carbocycles. The van der Waals surface area contributed by atoms with Gasteiger partial charge in [-0.05, 0) is 43.1 Å². The van der Waals surface area contributed by atoms with Crippen LogP contribution in [0.2, 0.25) is 0 Å². The lowest BCUT2D eigenvalue weighted by atomic mass is 9.62. The summed E-state index contributed by atoms with van der Waals surface area (Å²) in [7, 11) is 0. The van der Waals surface area contributed by atoms with E-state index in [1.165, 1.54) is 69.8 Å². The molecule has 2 atom stereocenters. The second-order valence-corrected chi connectivity index (χ2v) is 7.56. The predicted molar refractivity (Wildman–Crippen MR) is 94.1 cm³/mol. The molecule has 3 aliphatic carbocycles. The van der Waals surface area contributed by atoms with E-state index in [1.54, 1.807) is 0 Å². The molecule has 3 rings (SSSR count). The summed E-state index contributed by atoms with van der Waals surface area (Å²) < 4.78 is 0. The highest BCUT2D eigenvalue weighted by molar-refractivity contribution is 5.42. The molecular weight excluding hydrogens is 268 g/mol. The van der Waals surface area contributed by atoms with Crippen LogP contribution in [0.15, 0.2) is 36.1 Å².